The molecule has 116 valence electrons. The van der Waals surface area contributed by atoms with Crippen LogP contribution in [0.25, 0.3) is 0 Å². The van der Waals surface area contributed by atoms with E-state index in [1.807, 2.05) is 4.90 Å². The van der Waals surface area contributed by atoms with Crippen LogP contribution in [0.15, 0.2) is 4.34 Å². The fourth-order valence-corrected chi connectivity index (χ4v) is 4.27. The number of carbonyl (C=O) groups excluding carboxylic acids is 1. The Morgan fingerprint density at radius 1 is 1.24 bits per heavy atom. The number of likely N-dealkylation sites (tertiary alicyclic amines) is 1. The predicted octanol–water partition coefficient (Wildman–Crippen LogP) is 3.03. The number of thioether (sulfide) groups is 1. The minimum Gasteiger partial charge on any atom is -0.477 e. The van der Waals surface area contributed by atoms with E-state index in [4.69, 9.17) is 5.11 Å². The van der Waals surface area contributed by atoms with Crippen molar-refractivity contribution in [1.29, 1.82) is 0 Å². The van der Waals surface area contributed by atoms with Crippen molar-refractivity contribution in [2.75, 3.05) is 18.8 Å². The summed E-state index contributed by atoms with van der Waals surface area (Å²) < 4.78 is 0.658. The smallest absolute Gasteiger partial charge is 0.347 e. The molecule has 0 atom stereocenters. The number of nitrogens with zero attached hydrogens (tertiary/aromatic N) is 2. The van der Waals surface area contributed by atoms with Gasteiger partial charge in [0.25, 0.3) is 0 Å². The molecule has 0 bridgehead atoms. The Kier molecular flexibility index (Phi) is 6.05. The van der Waals surface area contributed by atoms with Crippen molar-refractivity contribution in [2.45, 2.75) is 43.4 Å². The largest absolute Gasteiger partial charge is 0.477 e. The first-order valence-corrected chi connectivity index (χ1v) is 8.99. The van der Waals surface area contributed by atoms with E-state index in [1.165, 1.54) is 31.0 Å². The molecule has 2 heterocycles. The van der Waals surface area contributed by atoms with Gasteiger partial charge >= 0.3 is 5.97 Å². The third-order valence-corrected chi connectivity index (χ3v) is 5.77. The number of hydrogen-bond acceptors (Lipinski definition) is 5. The Labute approximate surface area is 132 Å². The van der Waals surface area contributed by atoms with E-state index in [2.05, 4.69) is 4.98 Å². The third kappa shape index (κ3) is 4.71. The highest BCUT2D eigenvalue weighted by molar-refractivity contribution is 8.01. The molecule has 2 rings (SSSR count). The van der Waals surface area contributed by atoms with Crippen LogP contribution in [-0.4, -0.2) is 45.7 Å². The van der Waals surface area contributed by atoms with Crippen molar-refractivity contribution in [1.82, 2.24) is 9.88 Å². The van der Waals surface area contributed by atoms with Crippen LogP contribution in [0.4, 0.5) is 0 Å². The molecular weight excluding hydrogens is 308 g/mol. The summed E-state index contributed by atoms with van der Waals surface area (Å²) in [5, 5.41) is 9.00. The average molecular weight is 328 g/mol. The van der Waals surface area contributed by atoms with Gasteiger partial charge in [0.1, 0.15) is 4.88 Å². The van der Waals surface area contributed by atoms with E-state index < -0.39 is 5.97 Å². The van der Waals surface area contributed by atoms with E-state index in [0.717, 1.165) is 37.3 Å². The lowest BCUT2D eigenvalue weighted by Gasteiger charge is -2.24. The lowest BCUT2D eigenvalue weighted by atomic mass is 10.1. The van der Waals surface area contributed by atoms with E-state index >= 15 is 0 Å². The Hall–Kier alpha value is -1.08. The molecule has 1 amide bonds. The number of hydrogen-bond donors (Lipinski definition) is 1. The molecule has 1 aromatic rings. The molecule has 0 radical (unpaired) electrons. The summed E-state index contributed by atoms with van der Waals surface area (Å²) in [6, 6.07) is 0. The van der Waals surface area contributed by atoms with Gasteiger partial charge in [-0.05, 0) is 19.8 Å². The molecule has 1 aromatic heterocycles. The highest BCUT2D eigenvalue weighted by Crippen LogP contribution is 2.27. The van der Waals surface area contributed by atoms with Crippen LogP contribution in [0.2, 0.25) is 0 Å². The van der Waals surface area contributed by atoms with Crippen LogP contribution in [0, 0.1) is 6.92 Å². The molecule has 0 unspecified atom stereocenters. The summed E-state index contributed by atoms with van der Waals surface area (Å²) in [4.78, 5) is 29.6. The third-order valence-electron chi connectivity index (χ3n) is 3.50. The van der Waals surface area contributed by atoms with Gasteiger partial charge in [0.2, 0.25) is 5.91 Å². The molecular formula is C14H20N2O3S2. The minimum atomic E-state index is -0.952. The van der Waals surface area contributed by atoms with Crippen LogP contribution in [-0.2, 0) is 4.79 Å². The fourth-order valence-electron chi connectivity index (χ4n) is 2.34. The summed E-state index contributed by atoms with van der Waals surface area (Å²) in [6.45, 7) is 3.37. The molecule has 0 aromatic carbocycles. The van der Waals surface area contributed by atoms with Crippen molar-refractivity contribution in [3.63, 3.8) is 0 Å². The number of thiazole rings is 1. The lowest BCUT2D eigenvalue weighted by molar-refractivity contribution is -0.128. The number of rotatable bonds is 4. The summed E-state index contributed by atoms with van der Waals surface area (Å²) in [7, 11) is 0. The number of aromatic nitrogens is 1. The van der Waals surface area contributed by atoms with Crippen molar-refractivity contribution in [2.24, 2.45) is 0 Å². The molecule has 21 heavy (non-hydrogen) atoms. The van der Waals surface area contributed by atoms with Gasteiger partial charge in [-0.3, -0.25) is 4.79 Å². The quantitative estimate of drug-likeness (QED) is 0.860. The first-order valence-electron chi connectivity index (χ1n) is 7.19. The van der Waals surface area contributed by atoms with Crippen molar-refractivity contribution >= 4 is 35.0 Å². The van der Waals surface area contributed by atoms with Crippen LogP contribution >= 0.6 is 23.1 Å². The molecule has 1 saturated heterocycles. The van der Waals surface area contributed by atoms with Crippen molar-refractivity contribution < 1.29 is 14.7 Å². The Morgan fingerprint density at radius 2 is 1.86 bits per heavy atom. The average Bonchev–Trinajstić information content (AvgIpc) is 2.77. The van der Waals surface area contributed by atoms with Crippen molar-refractivity contribution in [3.05, 3.63) is 10.6 Å². The normalized spacial score (nSPS) is 16.3. The SMILES string of the molecule is Cc1nc(SCC(=O)N2CCCCCCC2)sc1C(=O)O. The summed E-state index contributed by atoms with van der Waals surface area (Å²) in [6.07, 6.45) is 5.83. The Bertz CT molecular complexity index is 508. The molecule has 1 fully saturated rings. The molecule has 1 N–H and O–H groups in total. The van der Waals surface area contributed by atoms with Crippen LogP contribution in [0.3, 0.4) is 0 Å². The van der Waals surface area contributed by atoms with Gasteiger partial charge in [0, 0.05) is 13.1 Å². The van der Waals surface area contributed by atoms with E-state index in [-0.39, 0.29) is 10.8 Å². The molecule has 1 aliphatic heterocycles. The number of amides is 1. The van der Waals surface area contributed by atoms with E-state index in [1.54, 1.807) is 6.92 Å². The van der Waals surface area contributed by atoms with E-state index in [0.29, 0.717) is 15.8 Å². The van der Waals surface area contributed by atoms with E-state index in [9.17, 15) is 9.59 Å². The first kappa shape index (κ1) is 16.3. The lowest BCUT2D eigenvalue weighted by Crippen LogP contribution is -2.35. The number of carboxylic acid groups (broad SMARTS) is 1. The highest BCUT2D eigenvalue weighted by atomic mass is 32.2. The molecule has 1 aliphatic rings. The highest BCUT2D eigenvalue weighted by Gasteiger charge is 2.18. The van der Waals surface area contributed by atoms with Gasteiger partial charge in [-0.1, -0.05) is 31.0 Å². The maximum atomic E-state index is 12.2. The zero-order chi connectivity index (χ0) is 15.2. The molecule has 0 spiro atoms. The molecule has 7 heteroatoms. The van der Waals surface area contributed by atoms with Gasteiger partial charge in [-0.2, -0.15) is 0 Å². The maximum absolute atomic E-state index is 12.2. The standard InChI is InChI=1S/C14H20N2O3S2/c1-10-12(13(18)19)21-14(15-10)20-9-11(17)16-7-5-3-2-4-6-8-16/h2-9H2,1H3,(H,18,19). The second-order valence-electron chi connectivity index (χ2n) is 5.14. The maximum Gasteiger partial charge on any atom is 0.347 e. The zero-order valence-corrected chi connectivity index (χ0v) is 13.8. The second-order valence-corrected chi connectivity index (χ2v) is 7.36. The Balaban J connectivity index is 1.88. The first-order chi connectivity index (χ1) is 10.1. The van der Waals surface area contributed by atoms with Gasteiger partial charge in [0.05, 0.1) is 11.4 Å². The minimum absolute atomic E-state index is 0.131. The number of aryl methyl sites for hydroxylation is 1. The van der Waals surface area contributed by atoms with Gasteiger partial charge < -0.3 is 10.0 Å². The van der Waals surface area contributed by atoms with Crippen LogP contribution in [0.5, 0.6) is 0 Å². The summed E-state index contributed by atoms with van der Waals surface area (Å²) in [5.41, 5.74) is 0.522. The fraction of sp³-hybridized carbons (Fsp3) is 0.643. The monoisotopic (exact) mass is 328 g/mol. The number of carboxylic acids is 1. The number of aromatic carboxylic acids is 1. The van der Waals surface area contributed by atoms with Gasteiger partial charge in [-0.25, -0.2) is 9.78 Å². The second kappa shape index (κ2) is 7.79. The van der Waals surface area contributed by atoms with Gasteiger partial charge in [-0.15, -0.1) is 11.3 Å². The molecule has 0 aliphatic carbocycles. The predicted molar refractivity (Wildman–Crippen MR) is 84.2 cm³/mol. The zero-order valence-electron chi connectivity index (χ0n) is 12.1. The summed E-state index contributed by atoms with van der Waals surface area (Å²) >= 11 is 2.48. The van der Waals surface area contributed by atoms with Crippen LogP contribution in [0.1, 0.15) is 47.5 Å². The molecule has 5 nitrogen and oxygen atoms in total. The van der Waals surface area contributed by atoms with Crippen molar-refractivity contribution in [3.8, 4) is 0 Å². The Morgan fingerprint density at radius 3 is 2.43 bits per heavy atom. The topological polar surface area (TPSA) is 70.5 Å². The summed E-state index contributed by atoms with van der Waals surface area (Å²) in [5.74, 6) is -0.481. The van der Waals surface area contributed by atoms with Gasteiger partial charge in [0.15, 0.2) is 4.34 Å². The molecule has 0 saturated carbocycles. The number of carbonyl (C=O) groups is 2. The van der Waals surface area contributed by atoms with Crippen LogP contribution < -0.4 is 0 Å².